The first-order chi connectivity index (χ1) is 23.0. The summed E-state index contributed by atoms with van der Waals surface area (Å²) in [7, 11) is 0. The molecule has 7 rings (SSSR count). The predicted molar refractivity (Wildman–Crippen MR) is 173 cm³/mol. The molecule has 1 aliphatic carbocycles. The molecule has 47 heavy (non-hydrogen) atoms. The van der Waals surface area contributed by atoms with Crippen LogP contribution in [0.15, 0.2) is 84.9 Å². The van der Waals surface area contributed by atoms with E-state index in [1.165, 1.54) is 0 Å². The van der Waals surface area contributed by atoms with Crippen molar-refractivity contribution in [2.75, 3.05) is 39.6 Å². The van der Waals surface area contributed by atoms with E-state index in [0.717, 1.165) is 48.3 Å². The van der Waals surface area contributed by atoms with Crippen LogP contribution in [-0.4, -0.2) is 63.8 Å². The van der Waals surface area contributed by atoms with Crippen molar-refractivity contribution in [1.82, 2.24) is 0 Å². The zero-order valence-corrected chi connectivity index (χ0v) is 26.1. The van der Waals surface area contributed by atoms with Gasteiger partial charge in [0.1, 0.15) is 41.8 Å². The maximum Gasteiger partial charge on any atom is 0.343 e. The largest absolute Gasteiger partial charge is 0.494 e. The molecule has 0 aromatic heterocycles. The molecular weight excluding hydrogens is 600 g/mol. The minimum absolute atomic E-state index is 0.0133. The molecule has 3 unspecified atom stereocenters. The number of unbranched alkanes of at least 4 members (excludes halogenated alkanes) is 1. The standard InChI is InChI=1S/C38H36O9/c1-24-35-18-29(46-37(39)25-4-8-27(9-5-25)42-17-3-2-16-41-20-31-21-44-31)12-14-33(35)34-15-13-30(19-36(24)34)47-38(40)26-6-10-28(11-7-26)43-22-32-23-45-32/h4-15,18-19,24,31-32H,2-3,16-17,20-23H2,1H3. The number of benzene rings is 4. The van der Waals surface area contributed by atoms with Crippen LogP contribution in [0.5, 0.6) is 23.0 Å². The van der Waals surface area contributed by atoms with Gasteiger partial charge in [-0.15, -0.1) is 0 Å². The molecule has 4 aromatic carbocycles. The lowest BCUT2D eigenvalue weighted by Gasteiger charge is -2.11. The second kappa shape index (κ2) is 14.0. The molecule has 0 amide bonds. The molecule has 2 heterocycles. The molecule has 2 saturated heterocycles. The molecule has 0 saturated carbocycles. The Balaban J connectivity index is 0.913. The van der Waals surface area contributed by atoms with Gasteiger partial charge in [0.05, 0.1) is 37.6 Å². The second-order valence-corrected chi connectivity index (χ2v) is 11.9. The Kier molecular flexibility index (Phi) is 9.19. The van der Waals surface area contributed by atoms with E-state index in [-0.39, 0.29) is 18.1 Å². The van der Waals surface area contributed by atoms with E-state index in [1.54, 1.807) is 60.7 Å². The van der Waals surface area contributed by atoms with E-state index in [0.29, 0.717) is 60.6 Å². The molecule has 9 nitrogen and oxygen atoms in total. The van der Waals surface area contributed by atoms with Gasteiger partial charge in [-0.2, -0.15) is 0 Å². The van der Waals surface area contributed by atoms with Crippen LogP contribution in [0, 0.1) is 0 Å². The van der Waals surface area contributed by atoms with Gasteiger partial charge in [0.25, 0.3) is 0 Å². The number of rotatable bonds is 15. The minimum Gasteiger partial charge on any atom is -0.494 e. The fraction of sp³-hybridized carbons (Fsp3) is 0.316. The molecule has 2 aliphatic heterocycles. The summed E-state index contributed by atoms with van der Waals surface area (Å²) in [4.78, 5) is 25.8. The van der Waals surface area contributed by atoms with Crippen LogP contribution in [0.1, 0.15) is 57.5 Å². The number of esters is 2. The Morgan fingerprint density at radius 2 is 1.09 bits per heavy atom. The van der Waals surface area contributed by atoms with Gasteiger partial charge < -0.3 is 33.2 Å². The summed E-state index contributed by atoms with van der Waals surface area (Å²) in [5, 5.41) is 0. The first-order valence-corrected chi connectivity index (χ1v) is 16.0. The minimum atomic E-state index is -0.445. The Labute approximate surface area is 273 Å². The van der Waals surface area contributed by atoms with E-state index in [4.69, 9.17) is 33.2 Å². The molecule has 0 bridgehead atoms. The SMILES string of the molecule is CC1c2cc(OC(=O)c3ccc(OCCCCOCC4CO4)cc3)ccc2-c2ccc(OC(=O)c3ccc(OCC4CO4)cc3)cc21. The van der Waals surface area contributed by atoms with Gasteiger partial charge in [0, 0.05) is 12.5 Å². The Morgan fingerprint density at radius 1 is 0.617 bits per heavy atom. The molecule has 242 valence electrons. The zero-order valence-electron chi connectivity index (χ0n) is 26.1. The van der Waals surface area contributed by atoms with E-state index in [9.17, 15) is 9.59 Å². The summed E-state index contributed by atoms with van der Waals surface area (Å²) < 4.78 is 38.7. The van der Waals surface area contributed by atoms with E-state index in [1.807, 2.05) is 24.3 Å². The number of hydrogen-bond donors (Lipinski definition) is 0. The first-order valence-electron chi connectivity index (χ1n) is 16.0. The summed E-state index contributed by atoms with van der Waals surface area (Å²) in [6.07, 6.45) is 2.25. The molecule has 3 atom stereocenters. The number of carbonyl (C=O) groups is 2. The van der Waals surface area contributed by atoms with Gasteiger partial charge in [-0.25, -0.2) is 9.59 Å². The van der Waals surface area contributed by atoms with Crippen LogP contribution in [-0.2, 0) is 14.2 Å². The van der Waals surface area contributed by atoms with Crippen LogP contribution in [0.25, 0.3) is 11.1 Å². The smallest absolute Gasteiger partial charge is 0.343 e. The molecular formula is C38H36O9. The van der Waals surface area contributed by atoms with Crippen molar-refractivity contribution in [2.24, 2.45) is 0 Å². The van der Waals surface area contributed by atoms with Crippen LogP contribution in [0.3, 0.4) is 0 Å². The fourth-order valence-electron chi connectivity index (χ4n) is 5.52. The van der Waals surface area contributed by atoms with Crippen molar-refractivity contribution >= 4 is 11.9 Å². The maximum absolute atomic E-state index is 12.9. The Hall–Kier alpha value is -4.70. The Bertz CT molecular complexity index is 1720. The highest BCUT2D eigenvalue weighted by Gasteiger charge is 2.28. The fourth-order valence-corrected chi connectivity index (χ4v) is 5.52. The van der Waals surface area contributed by atoms with Crippen LogP contribution in [0.2, 0.25) is 0 Å². The van der Waals surface area contributed by atoms with Crippen LogP contribution in [0.4, 0.5) is 0 Å². The quantitative estimate of drug-likeness (QED) is 0.0617. The first kappa shape index (κ1) is 30.9. The third-order valence-electron chi connectivity index (χ3n) is 8.37. The molecule has 3 aliphatic rings. The molecule has 0 spiro atoms. The topological polar surface area (TPSA) is 105 Å². The van der Waals surface area contributed by atoms with E-state index >= 15 is 0 Å². The third-order valence-corrected chi connectivity index (χ3v) is 8.37. The van der Waals surface area contributed by atoms with Gasteiger partial charge in [0.2, 0.25) is 0 Å². The molecule has 4 aromatic rings. The molecule has 2 fully saturated rings. The number of carbonyl (C=O) groups excluding carboxylic acids is 2. The highest BCUT2D eigenvalue weighted by atomic mass is 16.6. The average molecular weight is 637 g/mol. The van der Waals surface area contributed by atoms with E-state index in [2.05, 4.69) is 6.92 Å². The summed E-state index contributed by atoms with van der Waals surface area (Å²) >= 11 is 0. The lowest BCUT2D eigenvalue weighted by molar-refractivity contribution is 0.0725. The molecule has 9 heteroatoms. The zero-order chi connectivity index (χ0) is 32.2. The lowest BCUT2D eigenvalue weighted by Crippen LogP contribution is -2.09. The van der Waals surface area contributed by atoms with Gasteiger partial charge in [-0.1, -0.05) is 19.1 Å². The summed E-state index contributed by atoms with van der Waals surface area (Å²) in [5.41, 5.74) is 5.06. The maximum atomic E-state index is 12.9. The van der Waals surface area contributed by atoms with Gasteiger partial charge in [-0.3, -0.25) is 0 Å². The normalized spacial score (nSPS) is 18.5. The predicted octanol–water partition coefficient (Wildman–Crippen LogP) is 6.61. The van der Waals surface area contributed by atoms with Gasteiger partial charge in [0.15, 0.2) is 0 Å². The van der Waals surface area contributed by atoms with Gasteiger partial charge in [-0.05, 0) is 108 Å². The average Bonchev–Trinajstić information content (AvgIpc) is 4.04. The highest BCUT2D eigenvalue weighted by Crippen LogP contribution is 2.47. The molecule has 0 radical (unpaired) electrons. The number of epoxide rings is 2. The van der Waals surface area contributed by atoms with Crippen molar-refractivity contribution in [1.29, 1.82) is 0 Å². The van der Waals surface area contributed by atoms with Crippen molar-refractivity contribution < 1.29 is 42.7 Å². The van der Waals surface area contributed by atoms with Crippen molar-refractivity contribution in [3.05, 3.63) is 107 Å². The van der Waals surface area contributed by atoms with Gasteiger partial charge >= 0.3 is 11.9 Å². The molecule has 0 N–H and O–H groups in total. The number of fused-ring (bicyclic) bond motifs is 3. The van der Waals surface area contributed by atoms with E-state index < -0.39 is 11.9 Å². The van der Waals surface area contributed by atoms with Crippen molar-refractivity contribution in [3.63, 3.8) is 0 Å². The lowest BCUT2D eigenvalue weighted by atomic mass is 9.99. The third kappa shape index (κ3) is 7.82. The van der Waals surface area contributed by atoms with Crippen molar-refractivity contribution in [3.8, 4) is 34.1 Å². The highest BCUT2D eigenvalue weighted by molar-refractivity contribution is 5.92. The van der Waals surface area contributed by atoms with Crippen LogP contribution < -0.4 is 18.9 Å². The second-order valence-electron chi connectivity index (χ2n) is 11.9. The summed E-state index contributed by atoms with van der Waals surface area (Å²) in [6.45, 7) is 6.06. The summed E-state index contributed by atoms with van der Waals surface area (Å²) in [6, 6.07) is 25.2. The monoisotopic (exact) mass is 636 g/mol. The van der Waals surface area contributed by atoms with Crippen LogP contribution >= 0.6 is 0 Å². The number of ether oxygens (including phenoxy) is 7. The number of hydrogen-bond acceptors (Lipinski definition) is 9. The van der Waals surface area contributed by atoms with Crippen molar-refractivity contribution in [2.45, 2.75) is 37.9 Å². The summed E-state index contributed by atoms with van der Waals surface area (Å²) in [5.74, 6) is 1.43. The Morgan fingerprint density at radius 3 is 1.62 bits per heavy atom.